The van der Waals surface area contributed by atoms with Crippen LogP contribution in [0.5, 0.6) is 0 Å². The van der Waals surface area contributed by atoms with E-state index in [2.05, 4.69) is 224 Å². The van der Waals surface area contributed by atoms with Crippen molar-refractivity contribution in [3.8, 4) is 66.8 Å². The van der Waals surface area contributed by atoms with Crippen molar-refractivity contribution >= 4 is 33.2 Å². The standard InChI is InChI=1S/C71H55N3/c1-42-35-47(26-29-51(42)57-21-11-15-44-17-13-33-72-67(44)57)59-41-66(49-28-30-52(43(2)36-49)58-22-12-16-45-18-14-34-73-68(45)58)74-69-60(48-27-32-56-54-20-8-10-24-63(54)71(5,6)65(56)40-48)37-50(38-61(59)69)46-25-31-55-53-19-7-9-23-62(53)70(3,4)64(55)39-46/h7-40,59H,41H2,1-6H3. The monoisotopic (exact) mass is 949 g/mol. The number of pyridine rings is 2. The first-order valence-corrected chi connectivity index (χ1v) is 26.2. The van der Waals surface area contributed by atoms with E-state index < -0.39 is 0 Å². The Morgan fingerprint density at radius 3 is 1.49 bits per heavy atom. The minimum absolute atomic E-state index is 0.0158. The average molecular weight is 950 g/mol. The number of fused-ring (bicyclic) bond motifs is 9. The second kappa shape index (κ2) is 16.5. The highest BCUT2D eigenvalue weighted by Crippen LogP contribution is 2.54. The van der Waals surface area contributed by atoms with Crippen molar-refractivity contribution in [2.24, 2.45) is 4.99 Å². The van der Waals surface area contributed by atoms with Gasteiger partial charge in [-0.15, -0.1) is 0 Å². The van der Waals surface area contributed by atoms with E-state index in [9.17, 15) is 0 Å². The van der Waals surface area contributed by atoms with Crippen LogP contribution in [0.2, 0.25) is 0 Å². The number of aliphatic imine (C=N–C) groups is 1. The fourth-order valence-electron chi connectivity index (χ4n) is 13.1. The van der Waals surface area contributed by atoms with Crippen molar-refractivity contribution in [1.29, 1.82) is 0 Å². The third-order valence-electron chi connectivity index (χ3n) is 17.0. The van der Waals surface area contributed by atoms with E-state index in [1.54, 1.807) is 0 Å². The van der Waals surface area contributed by atoms with E-state index >= 15 is 0 Å². The van der Waals surface area contributed by atoms with Crippen molar-refractivity contribution in [2.75, 3.05) is 0 Å². The molecule has 0 radical (unpaired) electrons. The number of hydrogen-bond acceptors (Lipinski definition) is 3. The molecule has 0 bridgehead atoms. The van der Waals surface area contributed by atoms with Gasteiger partial charge < -0.3 is 0 Å². The molecule has 74 heavy (non-hydrogen) atoms. The largest absolute Gasteiger partial charge is 0.256 e. The van der Waals surface area contributed by atoms with Gasteiger partial charge in [0, 0.05) is 68.7 Å². The highest BCUT2D eigenvalue weighted by Gasteiger charge is 2.38. The van der Waals surface area contributed by atoms with E-state index in [1.807, 2.05) is 24.5 Å². The van der Waals surface area contributed by atoms with E-state index in [0.717, 1.165) is 61.9 Å². The van der Waals surface area contributed by atoms with Crippen LogP contribution in [-0.2, 0) is 10.8 Å². The van der Waals surface area contributed by atoms with Gasteiger partial charge in [-0.3, -0.25) is 15.0 Å². The summed E-state index contributed by atoms with van der Waals surface area (Å²) in [6.07, 6.45) is 4.54. The fraction of sp³-hybridized carbons (Fsp3) is 0.141. The summed E-state index contributed by atoms with van der Waals surface area (Å²) in [5.41, 5.74) is 30.3. The van der Waals surface area contributed by atoms with Crippen LogP contribution in [0, 0.1) is 13.8 Å². The molecule has 0 saturated carbocycles. The zero-order chi connectivity index (χ0) is 50.0. The summed E-state index contributed by atoms with van der Waals surface area (Å²) < 4.78 is 0. The van der Waals surface area contributed by atoms with Gasteiger partial charge >= 0.3 is 0 Å². The maximum Gasteiger partial charge on any atom is 0.0780 e. The van der Waals surface area contributed by atoms with Gasteiger partial charge in [0.05, 0.1) is 16.7 Å². The van der Waals surface area contributed by atoms with Gasteiger partial charge in [-0.2, -0.15) is 0 Å². The van der Waals surface area contributed by atoms with E-state index in [4.69, 9.17) is 15.0 Å². The third kappa shape index (κ3) is 6.76. The number of para-hydroxylation sites is 2. The van der Waals surface area contributed by atoms with E-state index in [1.165, 1.54) is 94.6 Å². The van der Waals surface area contributed by atoms with Gasteiger partial charge in [0.15, 0.2) is 0 Å². The Bertz CT molecular complexity index is 4190. The molecule has 2 aliphatic carbocycles. The SMILES string of the molecule is Cc1cc(C2=Nc3c(-c4ccc5c(c4)C(C)(C)c4ccccc4-5)cc(-c4ccc5c(c4)C(C)(C)c4ccccc4-5)cc3C(c3ccc(-c4cccc5cccnc45)c(C)c3)C2)ccc1-c1cccc2cccnc12. The Morgan fingerprint density at radius 2 is 0.878 bits per heavy atom. The van der Waals surface area contributed by atoms with Gasteiger partial charge in [0.1, 0.15) is 0 Å². The molecule has 3 aliphatic rings. The number of aromatic nitrogens is 2. The highest BCUT2D eigenvalue weighted by atomic mass is 14.8. The Labute approximate surface area is 434 Å². The molecule has 0 amide bonds. The topological polar surface area (TPSA) is 38.1 Å². The van der Waals surface area contributed by atoms with Crippen LogP contribution in [0.15, 0.2) is 212 Å². The molecule has 11 aromatic rings. The Balaban J connectivity index is 0.991. The number of hydrogen-bond donors (Lipinski definition) is 0. The lowest BCUT2D eigenvalue weighted by Gasteiger charge is -2.29. The molecule has 1 atom stereocenters. The maximum atomic E-state index is 5.89. The van der Waals surface area contributed by atoms with Gasteiger partial charge in [0.25, 0.3) is 0 Å². The van der Waals surface area contributed by atoms with E-state index in [0.29, 0.717) is 0 Å². The molecule has 3 heterocycles. The average Bonchev–Trinajstić information content (AvgIpc) is 3.81. The first-order valence-electron chi connectivity index (χ1n) is 26.2. The summed E-state index contributed by atoms with van der Waals surface area (Å²) in [5.74, 6) is 0.0158. The molecule has 14 rings (SSSR count). The number of benzene rings is 9. The molecule has 2 aromatic heterocycles. The smallest absolute Gasteiger partial charge is 0.0780 e. The Hall–Kier alpha value is -8.53. The first-order chi connectivity index (χ1) is 36.0. The zero-order valence-corrected chi connectivity index (χ0v) is 42.8. The van der Waals surface area contributed by atoms with Crippen LogP contribution in [0.1, 0.15) is 90.1 Å². The number of aryl methyl sites for hydroxylation is 2. The van der Waals surface area contributed by atoms with Crippen LogP contribution in [0.25, 0.3) is 88.6 Å². The van der Waals surface area contributed by atoms with Crippen molar-refractivity contribution in [3.63, 3.8) is 0 Å². The minimum Gasteiger partial charge on any atom is -0.256 e. The molecule has 3 heteroatoms. The minimum atomic E-state index is -0.158. The second-order valence-electron chi connectivity index (χ2n) is 22.0. The number of nitrogens with zero attached hydrogens (tertiary/aromatic N) is 3. The summed E-state index contributed by atoms with van der Waals surface area (Å²) in [6, 6.07) is 72.6. The highest BCUT2D eigenvalue weighted by molar-refractivity contribution is 6.07. The van der Waals surface area contributed by atoms with Gasteiger partial charge in [-0.25, -0.2) is 0 Å². The van der Waals surface area contributed by atoms with Crippen LogP contribution in [0.3, 0.4) is 0 Å². The van der Waals surface area contributed by atoms with Crippen molar-refractivity contribution in [2.45, 2.75) is 64.7 Å². The summed E-state index contributed by atoms with van der Waals surface area (Å²) in [5, 5.41) is 2.29. The Morgan fingerprint density at radius 1 is 0.378 bits per heavy atom. The van der Waals surface area contributed by atoms with Crippen LogP contribution < -0.4 is 0 Å². The third-order valence-corrected chi connectivity index (χ3v) is 17.0. The normalized spacial score (nSPS) is 15.5. The van der Waals surface area contributed by atoms with Gasteiger partial charge in [-0.1, -0.05) is 179 Å². The van der Waals surface area contributed by atoms with Gasteiger partial charge in [-0.05, 0) is 156 Å². The summed E-state index contributed by atoms with van der Waals surface area (Å²) >= 11 is 0. The predicted octanol–water partition coefficient (Wildman–Crippen LogP) is 18.3. The predicted molar refractivity (Wildman–Crippen MR) is 309 cm³/mol. The first kappa shape index (κ1) is 44.2. The van der Waals surface area contributed by atoms with Crippen LogP contribution >= 0.6 is 0 Å². The molecular formula is C71H55N3. The van der Waals surface area contributed by atoms with Crippen LogP contribution in [0.4, 0.5) is 5.69 Å². The molecule has 0 spiro atoms. The molecule has 0 N–H and O–H groups in total. The van der Waals surface area contributed by atoms with E-state index in [-0.39, 0.29) is 16.7 Å². The Kier molecular flexibility index (Phi) is 9.85. The lowest BCUT2D eigenvalue weighted by molar-refractivity contribution is 0.660. The van der Waals surface area contributed by atoms with Crippen LogP contribution in [-0.4, -0.2) is 15.7 Å². The maximum absolute atomic E-state index is 5.89. The summed E-state index contributed by atoms with van der Waals surface area (Å²) in [6.45, 7) is 14.0. The van der Waals surface area contributed by atoms with Crippen molar-refractivity contribution < 1.29 is 0 Å². The molecule has 0 fully saturated rings. The molecule has 354 valence electrons. The molecule has 1 aliphatic heterocycles. The zero-order valence-electron chi connectivity index (χ0n) is 42.8. The van der Waals surface area contributed by atoms with Gasteiger partial charge in [0.2, 0.25) is 0 Å². The molecule has 1 unspecified atom stereocenters. The fourth-order valence-corrected chi connectivity index (χ4v) is 13.1. The molecule has 9 aromatic carbocycles. The van der Waals surface area contributed by atoms with Crippen molar-refractivity contribution in [3.05, 3.63) is 257 Å². The summed E-state index contributed by atoms with van der Waals surface area (Å²) in [4.78, 5) is 15.6. The summed E-state index contributed by atoms with van der Waals surface area (Å²) in [7, 11) is 0. The quantitative estimate of drug-likeness (QED) is 0.167. The second-order valence-corrected chi connectivity index (χ2v) is 22.0. The molecular weight excluding hydrogens is 895 g/mol. The number of rotatable bonds is 6. The molecule has 0 saturated heterocycles. The van der Waals surface area contributed by atoms with Crippen molar-refractivity contribution in [1.82, 2.24) is 9.97 Å². The lowest BCUT2D eigenvalue weighted by atomic mass is 9.77. The lowest BCUT2D eigenvalue weighted by Crippen LogP contribution is -2.16. The molecule has 3 nitrogen and oxygen atoms in total.